The molecule has 0 fully saturated rings. The van der Waals surface area contributed by atoms with E-state index >= 15 is 0 Å². The van der Waals surface area contributed by atoms with E-state index in [1.54, 1.807) is 26.1 Å². The van der Waals surface area contributed by atoms with Crippen LogP contribution in [-0.4, -0.2) is 15.9 Å². The molecule has 18 heavy (non-hydrogen) atoms. The molecule has 1 amide bonds. The predicted octanol–water partition coefficient (Wildman–Crippen LogP) is 1.20. The number of nitrogens with one attached hydrogen (secondary N) is 1. The van der Waals surface area contributed by atoms with Crippen molar-refractivity contribution in [2.24, 2.45) is 0 Å². The number of hydrogen-bond donors (Lipinski definition) is 2. The minimum absolute atomic E-state index is 0.233. The van der Waals surface area contributed by atoms with Crippen LogP contribution in [-0.2, 0) is 6.54 Å². The molecule has 2 aromatic heterocycles. The second-order valence-corrected chi connectivity index (χ2v) is 3.97. The SMILES string of the molecule is Cc1cc(C(=O)NCc2ncc(C)o2)cc(N)n1. The zero-order valence-corrected chi connectivity index (χ0v) is 10.2. The van der Waals surface area contributed by atoms with Gasteiger partial charge in [0.05, 0.1) is 12.7 Å². The Labute approximate surface area is 104 Å². The minimum Gasteiger partial charge on any atom is -0.444 e. The topological polar surface area (TPSA) is 94.0 Å². The third kappa shape index (κ3) is 2.85. The standard InChI is InChI=1S/C12H14N4O2/c1-7-3-9(4-10(13)16-7)12(17)15-6-11-14-5-8(2)18-11/h3-5H,6H2,1-2H3,(H2,13,16)(H,15,17). The van der Waals surface area contributed by atoms with Crippen LogP contribution in [0.15, 0.2) is 22.7 Å². The van der Waals surface area contributed by atoms with E-state index in [0.717, 1.165) is 0 Å². The molecule has 0 radical (unpaired) electrons. The Morgan fingerprint density at radius 3 is 2.83 bits per heavy atom. The summed E-state index contributed by atoms with van der Waals surface area (Å²) in [5.74, 6) is 1.28. The van der Waals surface area contributed by atoms with Gasteiger partial charge in [-0.1, -0.05) is 0 Å². The molecule has 0 aromatic carbocycles. The number of rotatable bonds is 3. The van der Waals surface area contributed by atoms with Crippen molar-refractivity contribution in [2.75, 3.05) is 5.73 Å². The molecule has 0 unspecified atom stereocenters. The van der Waals surface area contributed by atoms with Gasteiger partial charge < -0.3 is 15.5 Å². The summed E-state index contributed by atoms with van der Waals surface area (Å²) in [4.78, 5) is 19.9. The van der Waals surface area contributed by atoms with E-state index in [2.05, 4.69) is 15.3 Å². The lowest BCUT2D eigenvalue weighted by Crippen LogP contribution is -2.23. The average Bonchev–Trinajstić information content (AvgIpc) is 2.70. The van der Waals surface area contributed by atoms with Crippen LogP contribution < -0.4 is 11.1 Å². The van der Waals surface area contributed by atoms with Gasteiger partial charge in [-0.05, 0) is 26.0 Å². The van der Waals surface area contributed by atoms with Gasteiger partial charge >= 0.3 is 0 Å². The highest BCUT2D eigenvalue weighted by molar-refractivity contribution is 5.94. The molecule has 6 heteroatoms. The molecule has 0 aliphatic carbocycles. The van der Waals surface area contributed by atoms with Gasteiger partial charge in [-0.2, -0.15) is 0 Å². The van der Waals surface area contributed by atoms with Crippen molar-refractivity contribution < 1.29 is 9.21 Å². The number of carbonyl (C=O) groups is 1. The Balaban J connectivity index is 2.03. The predicted molar refractivity (Wildman–Crippen MR) is 65.8 cm³/mol. The van der Waals surface area contributed by atoms with E-state index in [4.69, 9.17) is 10.2 Å². The van der Waals surface area contributed by atoms with E-state index in [1.807, 2.05) is 0 Å². The normalized spacial score (nSPS) is 10.3. The highest BCUT2D eigenvalue weighted by Gasteiger charge is 2.09. The fourth-order valence-corrected chi connectivity index (χ4v) is 1.57. The quantitative estimate of drug-likeness (QED) is 0.848. The lowest BCUT2D eigenvalue weighted by molar-refractivity contribution is 0.0947. The number of nitrogens with two attached hydrogens (primary N) is 1. The lowest BCUT2D eigenvalue weighted by Gasteiger charge is -2.04. The molecule has 94 valence electrons. The zero-order chi connectivity index (χ0) is 13.1. The van der Waals surface area contributed by atoms with Gasteiger partial charge in [-0.15, -0.1) is 0 Å². The number of nitrogens with zero attached hydrogens (tertiary/aromatic N) is 2. The van der Waals surface area contributed by atoms with Crippen LogP contribution in [0.4, 0.5) is 5.82 Å². The van der Waals surface area contributed by atoms with Crippen molar-refractivity contribution in [3.63, 3.8) is 0 Å². The van der Waals surface area contributed by atoms with Crippen LogP contribution in [0.2, 0.25) is 0 Å². The molecular weight excluding hydrogens is 232 g/mol. The van der Waals surface area contributed by atoms with Crippen LogP contribution in [0, 0.1) is 13.8 Å². The van der Waals surface area contributed by atoms with Crippen LogP contribution in [0.25, 0.3) is 0 Å². The third-order valence-electron chi connectivity index (χ3n) is 2.30. The van der Waals surface area contributed by atoms with Gasteiger partial charge in [-0.3, -0.25) is 4.79 Å². The van der Waals surface area contributed by atoms with E-state index < -0.39 is 0 Å². The number of hydrogen-bond acceptors (Lipinski definition) is 5. The molecule has 0 saturated heterocycles. The number of amides is 1. The summed E-state index contributed by atoms with van der Waals surface area (Å²) < 4.78 is 5.25. The monoisotopic (exact) mass is 246 g/mol. The van der Waals surface area contributed by atoms with Crippen molar-refractivity contribution in [2.45, 2.75) is 20.4 Å². The van der Waals surface area contributed by atoms with E-state index in [0.29, 0.717) is 28.7 Å². The third-order valence-corrected chi connectivity index (χ3v) is 2.30. The summed E-state index contributed by atoms with van der Waals surface area (Å²) in [7, 11) is 0. The molecule has 2 heterocycles. The van der Waals surface area contributed by atoms with E-state index in [1.165, 1.54) is 6.07 Å². The van der Waals surface area contributed by atoms with Gasteiger partial charge in [0, 0.05) is 11.3 Å². The van der Waals surface area contributed by atoms with Crippen molar-refractivity contribution in [1.82, 2.24) is 15.3 Å². The smallest absolute Gasteiger partial charge is 0.251 e. The lowest BCUT2D eigenvalue weighted by atomic mass is 10.2. The highest BCUT2D eigenvalue weighted by Crippen LogP contribution is 2.07. The molecule has 2 rings (SSSR count). The molecule has 0 aliphatic rings. The minimum atomic E-state index is -0.233. The first kappa shape index (κ1) is 12.1. The molecule has 0 saturated carbocycles. The Hall–Kier alpha value is -2.37. The molecular formula is C12H14N4O2. The largest absolute Gasteiger partial charge is 0.444 e. The van der Waals surface area contributed by atoms with E-state index in [9.17, 15) is 4.79 Å². The van der Waals surface area contributed by atoms with Crippen molar-refractivity contribution in [3.8, 4) is 0 Å². The van der Waals surface area contributed by atoms with Gasteiger partial charge in [0.1, 0.15) is 11.6 Å². The van der Waals surface area contributed by atoms with Crippen LogP contribution in [0.1, 0.15) is 27.7 Å². The van der Waals surface area contributed by atoms with Gasteiger partial charge in [0.15, 0.2) is 0 Å². The Morgan fingerprint density at radius 2 is 2.22 bits per heavy atom. The van der Waals surface area contributed by atoms with Crippen LogP contribution >= 0.6 is 0 Å². The Kier molecular flexibility index (Phi) is 3.27. The summed E-state index contributed by atoms with van der Waals surface area (Å²) >= 11 is 0. The second kappa shape index (κ2) is 4.87. The summed E-state index contributed by atoms with van der Waals surface area (Å²) in [6.45, 7) is 3.82. The summed E-state index contributed by atoms with van der Waals surface area (Å²) in [5.41, 5.74) is 6.76. The number of pyridine rings is 1. The average molecular weight is 246 g/mol. The Morgan fingerprint density at radius 1 is 1.44 bits per heavy atom. The number of nitrogen functional groups attached to an aromatic ring is 1. The molecule has 2 aromatic rings. The van der Waals surface area contributed by atoms with Crippen LogP contribution in [0.3, 0.4) is 0 Å². The van der Waals surface area contributed by atoms with E-state index in [-0.39, 0.29) is 12.5 Å². The number of aryl methyl sites for hydroxylation is 2. The number of carbonyl (C=O) groups excluding carboxylic acids is 1. The summed E-state index contributed by atoms with van der Waals surface area (Å²) in [5, 5.41) is 2.70. The maximum atomic E-state index is 11.9. The van der Waals surface area contributed by atoms with Crippen LogP contribution in [0.5, 0.6) is 0 Å². The summed E-state index contributed by atoms with van der Waals surface area (Å²) in [6.07, 6.45) is 1.61. The first-order valence-electron chi connectivity index (χ1n) is 5.48. The highest BCUT2D eigenvalue weighted by atomic mass is 16.4. The molecule has 0 spiro atoms. The molecule has 0 bridgehead atoms. The molecule has 0 aliphatic heterocycles. The maximum Gasteiger partial charge on any atom is 0.251 e. The molecule has 6 nitrogen and oxygen atoms in total. The zero-order valence-electron chi connectivity index (χ0n) is 10.2. The Bertz CT molecular complexity index is 557. The summed E-state index contributed by atoms with van der Waals surface area (Å²) in [6, 6.07) is 3.20. The number of aromatic nitrogens is 2. The molecule has 3 N–H and O–H groups in total. The van der Waals surface area contributed by atoms with Gasteiger partial charge in [0.2, 0.25) is 5.89 Å². The molecule has 0 atom stereocenters. The van der Waals surface area contributed by atoms with Gasteiger partial charge in [-0.25, -0.2) is 9.97 Å². The van der Waals surface area contributed by atoms with Gasteiger partial charge in [0.25, 0.3) is 5.91 Å². The van der Waals surface area contributed by atoms with Crippen molar-refractivity contribution >= 4 is 11.7 Å². The second-order valence-electron chi connectivity index (χ2n) is 3.97. The fourth-order valence-electron chi connectivity index (χ4n) is 1.57. The maximum absolute atomic E-state index is 11.9. The first-order valence-corrected chi connectivity index (χ1v) is 5.48. The fraction of sp³-hybridized carbons (Fsp3) is 0.250. The van der Waals surface area contributed by atoms with Crippen molar-refractivity contribution in [3.05, 3.63) is 41.2 Å². The number of oxazole rings is 1. The first-order chi connectivity index (χ1) is 8.54. The number of anilines is 1. The van der Waals surface area contributed by atoms with Crippen molar-refractivity contribution in [1.29, 1.82) is 0 Å².